The Morgan fingerprint density at radius 1 is 1.47 bits per heavy atom. The molecule has 0 aromatic carbocycles. The zero-order valence-corrected chi connectivity index (χ0v) is 8.96. The van der Waals surface area contributed by atoms with Gasteiger partial charge >= 0.3 is 12.0 Å². The van der Waals surface area contributed by atoms with E-state index in [1.807, 2.05) is 6.92 Å². The van der Waals surface area contributed by atoms with Gasteiger partial charge in [0.05, 0.1) is 6.54 Å². The van der Waals surface area contributed by atoms with E-state index in [-0.39, 0.29) is 6.54 Å². The van der Waals surface area contributed by atoms with E-state index in [4.69, 9.17) is 5.11 Å². The first-order valence-electron chi connectivity index (χ1n) is 4.78. The molecule has 0 saturated carbocycles. The summed E-state index contributed by atoms with van der Waals surface area (Å²) in [6, 6.07) is -1.33. The molecular formula is C10H16N2O3. The van der Waals surface area contributed by atoms with Crippen molar-refractivity contribution in [3.8, 4) is 11.8 Å². The van der Waals surface area contributed by atoms with Gasteiger partial charge in [0, 0.05) is 0 Å². The standard InChI is InChI=1S/C10H16N2O3/c1-3-5-7-11-10(15)12-8(6-4-2)9(13)14/h8H,4,6-7H2,1-2H3,(H,13,14)(H2,11,12,15). The van der Waals surface area contributed by atoms with Gasteiger partial charge in [-0.1, -0.05) is 19.3 Å². The van der Waals surface area contributed by atoms with Crippen LogP contribution in [0.25, 0.3) is 0 Å². The van der Waals surface area contributed by atoms with Crippen LogP contribution in [0, 0.1) is 11.8 Å². The molecule has 0 spiro atoms. The smallest absolute Gasteiger partial charge is 0.326 e. The van der Waals surface area contributed by atoms with Crippen molar-refractivity contribution < 1.29 is 14.7 Å². The van der Waals surface area contributed by atoms with Gasteiger partial charge in [-0.3, -0.25) is 0 Å². The zero-order valence-electron chi connectivity index (χ0n) is 8.96. The van der Waals surface area contributed by atoms with Gasteiger partial charge < -0.3 is 15.7 Å². The molecular weight excluding hydrogens is 196 g/mol. The summed E-state index contributed by atoms with van der Waals surface area (Å²) >= 11 is 0. The van der Waals surface area contributed by atoms with E-state index in [0.29, 0.717) is 12.8 Å². The molecule has 0 fully saturated rings. The van der Waals surface area contributed by atoms with Crippen LogP contribution in [0.3, 0.4) is 0 Å². The van der Waals surface area contributed by atoms with Gasteiger partial charge in [0.2, 0.25) is 0 Å². The number of carboxylic acids is 1. The van der Waals surface area contributed by atoms with Crippen molar-refractivity contribution in [2.24, 2.45) is 0 Å². The van der Waals surface area contributed by atoms with E-state index in [9.17, 15) is 9.59 Å². The second-order valence-electron chi connectivity index (χ2n) is 2.93. The summed E-state index contributed by atoms with van der Waals surface area (Å²) in [6.07, 6.45) is 1.12. The minimum absolute atomic E-state index is 0.223. The Morgan fingerprint density at radius 3 is 2.60 bits per heavy atom. The van der Waals surface area contributed by atoms with Crippen LogP contribution in [0.4, 0.5) is 4.79 Å². The minimum Gasteiger partial charge on any atom is -0.480 e. The molecule has 2 amide bonds. The predicted octanol–water partition coefficient (Wildman–Crippen LogP) is 0.562. The molecule has 1 unspecified atom stereocenters. The first-order chi connectivity index (χ1) is 7.11. The fraction of sp³-hybridized carbons (Fsp3) is 0.600. The number of rotatable bonds is 5. The van der Waals surface area contributed by atoms with Gasteiger partial charge in [-0.2, -0.15) is 0 Å². The Labute approximate surface area is 89.2 Å². The highest BCUT2D eigenvalue weighted by Crippen LogP contribution is 1.96. The van der Waals surface area contributed by atoms with Gasteiger partial charge in [0.1, 0.15) is 6.04 Å². The molecule has 0 aliphatic carbocycles. The predicted molar refractivity (Wildman–Crippen MR) is 56.3 cm³/mol. The van der Waals surface area contributed by atoms with Crippen LogP contribution in [-0.4, -0.2) is 29.7 Å². The van der Waals surface area contributed by atoms with Gasteiger partial charge in [-0.15, -0.1) is 5.92 Å². The van der Waals surface area contributed by atoms with Crippen LogP contribution >= 0.6 is 0 Å². The average Bonchev–Trinajstić information content (AvgIpc) is 2.17. The summed E-state index contributed by atoms with van der Waals surface area (Å²) in [4.78, 5) is 21.8. The fourth-order valence-electron chi connectivity index (χ4n) is 0.968. The molecule has 1 atom stereocenters. The number of urea groups is 1. The number of aliphatic carboxylic acids is 1. The van der Waals surface area contributed by atoms with Gasteiger partial charge in [0.25, 0.3) is 0 Å². The quantitative estimate of drug-likeness (QED) is 0.583. The van der Waals surface area contributed by atoms with Crippen molar-refractivity contribution >= 4 is 12.0 Å². The van der Waals surface area contributed by atoms with Crippen LogP contribution in [0.2, 0.25) is 0 Å². The van der Waals surface area contributed by atoms with E-state index >= 15 is 0 Å². The largest absolute Gasteiger partial charge is 0.480 e. The minimum atomic E-state index is -1.02. The molecule has 3 N–H and O–H groups in total. The number of nitrogens with one attached hydrogen (secondary N) is 2. The SMILES string of the molecule is CC#CCNC(=O)NC(CCC)C(=O)O. The molecule has 0 aliphatic heterocycles. The highest BCUT2D eigenvalue weighted by atomic mass is 16.4. The van der Waals surface area contributed by atoms with Gasteiger partial charge in [-0.05, 0) is 13.3 Å². The molecule has 84 valence electrons. The van der Waals surface area contributed by atoms with E-state index in [1.54, 1.807) is 6.92 Å². The van der Waals surface area contributed by atoms with Crippen LogP contribution in [-0.2, 0) is 4.79 Å². The van der Waals surface area contributed by atoms with Crippen molar-refractivity contribution in [1.29, 1.82) is 0 Å². The number of amides is 2. The van der Waals surface area contributed by atoms with Crippen LogP contribution in [0.15, 0.2) is 0 Å². The molecule has 0 saturated heterocycles. The van der Waals surface area contributed by atoms with E-state index < -0.39 is 18.0 Å². The number of carbonyl (C=O) groups is 2. The third-order valence-corrected chi connectivity index (χ3v) is 1.69. The summed E-state index contributed by atoms with van der Waals surface area (Å²) < 4.78 is 0. The number of hydrogen-bond donors (Lipinski definition) is 3. The van der Waals surface area contributed by atoms with Crippen molar-refractivity contribution in [1.82, 2.24) is 10.6 Å². The zero-order chi connectivity index (χ0) is 11.7. The average molecular weight is 212 g/mol. The van der Waals surface area contributed by atoms with Crippen molar-refractivity contribution in [2.45, 2.75) is 32.7 Å². The summed E-state index contributed by atoms with van der Waals surface area (Å²) in [5.74, 6) is 4.24. The Kier molecular flexibility index (Phi) is 6.81. The Bertz CT molecular complexity index is 278. The van der Waals surface area contributed by atoms with E-state index in [2.05, 4.69) is 22.5 Å². The van der Waals surface area contributed by atoms with Crippen molar-refractivity contribution in [3.63, 3.8) is 0 Å². The van der Waals surface area contributed by atoms with Gasteiger partial charge in [-0.25, -0.2) is 9.59 Å². The fourth-order valence-corrected chi connectivity index (χ4v) is 0.968. The topological polar surface area (TPSA) is 78.4 Å². The lowest BCUT2D eigenvalue weighted by atomic mass is 10.2. The maximum atomic E-state index is 11.2. The van der Waals surface area contributed by atoms with Crippen LogP contribution in [0.1, 0.15) is 26.7 Å². The molecule has 0 aromatic heterocycles. The second-order valence-corrected chi connectivity index (χ2v) is 2.93. The summed E-state index contributed by atoms with van der Waals surface area (Å²) in [6.45, 7) is 3.75. The van der Waals surface area contributed by atoms with E-state index in [0.717, 1.165) is 0 Å². The Morgan fingerprint density at radius 2 is 2.13 bits per heavy atom. The normalized spacial score (nSPS) is 10.8. The van der Waals surface area contributed by atoms with E-state index in [1.165, 1.54) is 0 Å². The molecule has 0 heterocycles. The molecule has 0 radical (unpaired) electrons. The first-order valence-corrected chi connectivity index (χ1v) is 4.78. The van der Waals surface area contributed by atoms with Crippen LogP contribution < -0.4 is 10.6 Å². The molecule has 0 bridgehead atoms. The molecule has 5 nitrogen and oxygen atoms in total. The lowest BCUT2D eigenvalue weighted by molar-refractivity contribution is -0.139. The Balaban J connectivity index is 3.97. The Hall–Kier alpha value is -1.70. The summed E-state index contributed by atoms with van der Waals surface area (Å²) in [7, 11) is 0. The highest BCUT2D eigenvalue weighted by Gasteiger charge is 2.17. The third-order valence-electron chi connectivity index (χ3n) is 1.69. The monoisotopic (exact) mass is 212 g/mol. The molecule has 0 aromatic rings. The maximum absolute atomic E-state index is 11.2. The van der Waals surface area contributed by atoms with Gasteiger partial charge in [0.15, 0.2) is 0 Å². The number of hydrogen-bond acceptors (Lipinski definition) is 2. The lowest BCUT2D eigenvalue weighted by Gasteiger charge is -2.13. The molecule has 0 aliphatic rings. The highest BCUT2D eigenvalue weighted by molar-refractivity contribution is 5.82. The summed E-state index contributed by atoms with van der Waals surface area (Å²) in [5, 5.41) is 13.6. The molecule has 0 rings (SSSR count). The lowest BCUT2D eigenvalue weighted by Crippen LogP contribution is -2.46. The maximum Gasteiger partial charge on any atom is 0.326 e. The van der Waals surface area contributed by atoms with Crippen molar-refractivity contribution in [3.05, 3.63) is 0 Å². The second kappa shape index (κ2) is 7.68. The molecule has 5 heteroatoms. The van der Waals surface area contributed by atoms with Crippen molar-refractivity contribution in [2.75, 3.05) is 6.54 Å². The first kappa shape index (κ1) is 13.3. The third kappa shape index (κ3) is 6.38. The number of carbonyl (C=O) groups excluding carboxylic acids is 1. The van der Waals surface area contributed by atoms with Crippen LogP contribution in [0.5, 0.6) is 0 Å². The summed E-state index contributed by atoms with van der Waals surface area (Å²) in [5.41, 5.74) is 0. The molecule has 15 heavy (non-hydrogen) atoms. The number of carboxylic acid groups (broad SMARTS) is 1.